The average Bonchev–Trinajstić information content (AvgIpc) is 3.15. The molecule has 4 rings (SSSR count). The van der Waals surface area contributed by atoms with E-state index in [0.717, 1.165) is 4.90 Å². The van der Waals surface area contributed by atoms with Crippen LogP contribution in [0.25, 0.3) is 6.08 Å². The van der Waals surface area contributed by atoms with E-state index in [1.807, 2.05) is 42.5 Å². The van der Waals surface area contributed by atoms with Crippen molar-refractivity contribution in [1.82, 2.24) is 0 Å². The van der Waals surface area contributed by atoms with E-state index in [-0.39, 0.29) is 5.91 Å². The van der Waals surface area contributed by atoms with Gasteiger partial charge in [-0.1, -0.05) is 41.6 Å². The molecule has 0 aromatic heterocycles. The van der Waals surface area contributed by atoms with Gasteiger partial charge >= 0.3 is 0 Å². The molecule has 33 heavy (non-hydrogen) atoms. The second-order valence-corrected chi connectivity index (χ2v) is 8.43. The molecule has 3 aromatic rings. The second-order valence-electron chi connectivity index (χ2n) is 6.93. The zero-order valence-corrected chi connectivity index (χ0v) is 19.8. The molecular formula is C25H21ClN2O4S. The fourth-order valence-electron chi connectivity index (χ4n) is 3.30. The molecule has 6 nitrogen and oxygen atoms in total. The zero-order valence-electron chi connectivity index (χ0n) is 18.2. The van der Waals surface area contributed by atoms with Crippen LogP contribution in [-0.2, 0) is 4.79 Å². The maximum absolute atomic E-state index is 13.4. The smallest absolute Gasteiger partial charge is 0.281 e. The van der Waals surface area contributed by atoms with E-state index in [2.05, 4.69) is 5.10 Å². The van der Waals surface area contributed by atoms with Crippen molar-refractivity contribution in [2.45, 2.75) is 4.90 Å². The van der Waals surface area contributed by atoms with Crippen molar-refractivity contribution >= 4 is 46.1 Å². The summed E-state index contributed by atoms with van der Waals surface area (Å²) in [5.74, 6) is 1.25. The quantitative estimate of drug-likeness (QED) is 0.411. The van der Waals surface area contributed by atoms with Gasteiger partial charge in [-0.25, -0.2) is 0 Å². The SMILES string of the molecule is COc1cc(C=C2C(=O)N(c3ccccc3)N=C2Sc2ccc(Cl)cc2)cc(OC)c1OC. The molecule has 0 atom stereocenters. The van der Waals surface area contributed by atoms with Gasteiger partial charge in [-0.3, -0.25) is 4.79 Å². The highest BCUT2D eigenvalue weighted by atomic mass is 35.5. The van der Waals surface area contributed by atoms with E-state index in [0.29, 0.717) is 44.1 Å². The highest BCUT2D eigenvalue weighted by Gasteiger charge is 2.32. The molecule has 0 fully saturated rings. The minimum Gasteiger partial charge on any atom is -0.493 e. The number of carbonyl (C=O) groups is 1. The Morgan fingerprint density at radius 2 is 1.55 bits per heavy atom. The summed E-state index contributed by atoms with van der Waals surface area (Å²) in [5, 5.41) is 7.24. The number of halogens is 1. The first-order valence-electron chi connectivity index (χ1n) is 9.97. The van der Waals surface area contributed by atoms with Gasteiger partial charge in [0, 0.05) is 9.92 Å². The fourth-order valence-corrected chi connectivity index (χ4v) is 4.30. The molecule has 8 heteroatoms. The standard InChI is InChI=1S/C25H21ClN2O4S/c1-30-21-14-16(15-22(31-2)23(21)32-3)13-20-24(33-19-11-9-17(26)10-12-19)27-28(25(20)29)18-7-5-4-6-8-18/h4-15H,1-3H3. The Labute approximate surface area is 201 Å². The Morgan fingerprint density at radius 3 is 2.12 bits per heavy atom. The molecular weight excluding hydrogens is 460 g/mol. The Morgan fingerprint density at radius 1 is 0.909 bits per heavy atom. The van der Waals surface area contributed by atoms with Crippen LogP contribution in [0.5, 0.6) is 17.2 Å². The number of amides is 1. The topological polar surface area (TPSA) is 60.4 Å². The average molecular weight is 481 g/mol. The number of nitrogens with zero attached hydrogens (tertiary/aromatic N) is 2. The Kier molecular flexibility index (Phi) is 6.91. The normalized spacial score (nSPS) is 14.4. The number of hydrazone groups is 1. The molecule has 1 aliphatic rings. The lowest BCUT2D eigenvalue weighted by molar-refractivity contribution is -0.114. The third kappa shape index (κ3) is 4.84. The van der Waals surface area contributed by atoms with Crippen molar-refractivity contribution in [1.29, 1.82) is 0 Å². The lowest BCUT2D eigenvalue weighted by Gasteiger charge is -2.13. The monoisotopic (exact) mass is 480 g/mol. The van der Waals surface area contributed by atoms with E-state index in [4.69, 9.17) is 25.8 Å². The van der Waals surface area contributed by atoms with E-state index >= 15 is 0 Å². The van der Waals surface area contributed by atoms with Crippen LogP contribution in [0.4, 0.5) is 5.69 Å². The van der Waals surface area contributed by atoms with Crippen molar-refractivity contribution < 1.29 is 19.0 Å². The maximum atomic E-state index is 13.4. The third-order valence-corrected chi connectivity index (χ3v) is 6.13. The van der Waals surface area contributed by atoms with Gasteiger partial charge in [0.25, 0.3) is 5.91 Å². The van der Waals surface area contributed by atoms with Gasteiger partial charge in [0.05, 0.1) is 32.6 Å². The van der Waals surface area contributed by atoms with Gasteiger partial charge in [0.1, 0.15) is 5.04 Å². The molecule has 1 amide bonds. The van der Waals surface area contributed by atoms with Crippen molar-refractivity contribution in [3.8, 4) is 17.2 Å². The summed E-state index contributed by atoms with van der Waals surface area (Å²) in [4.78, 5) is 14.3. The van der Waals surface area contributed by atoms with Crippen LogP contribution in [0.3, 0.4) is 0 Å². The summed E-state index contributed by atoms with van der Waals surface area (Å²) >= 11 is 7.42. The first-order valence-corrected chi connectivity index (χ1v) is 11.2. The molecule has 3 aromatic carbocycles. The number of carbonyl (C=O) groups excluding carboxylic acids is 1. The summed E-state index contributed by atoms with van der Waals surface area (Å²) in [7, 11) is 4.65. The Balaban J connectivity index is 1.78. The van der Waals surface area contributed by atoms with Gasteiger partial charge < -0.3 is 14.2 Å². The molecule has 0 aliphatic carbocycles. The lowest BCUT2D eigenvalue weighted by Crippen LogP contribution is -2.21. The van der Waals surface area contributed by atoms with Crippen molar-refractivity contribution in [2.24, 2.45) is 5.10 Å². The van der Waals surface area contributed by atoms with Crippen molar-refractivity contribution in [3.05, 3.63) is 82.9 Å². The minimum atomic E-state index is -0.230. The summed E-state index contributed by atoms with van der Waals surface area (Å²) in [5.41, 5.74) is 1.85. The Bertz CT molecular complexity index is 1200. The second kappa shape index (κ2) is 10.0. The number of ether oxygens (including phenoxy) is 3. The molecule has 1 heterocycles. The zero-order chi connectivity index (χ0) is 23.4. The molecule has 0 radical (unpaired) electrons. The molecule has 0 unspecified atom stereocenters. The molecule has 0 saturated heterocycles. The van der Waals surface area contributed by atoms with Crippen LogP contribution >= 0.6 is 23.4 Å². The van der Waals surface area contributed by atoms with Gasteiger partial charge in [-0.15, -0.1) is 0 Å². The summed E-state index contributed by atoms with van der Waals surface area (Å²) in [6.07, 6.45) is 1.78. The molecule has 1 aliphatic heterocycles. The molecule has 0 N–H and O–H groups in total. The van der Waals surface area contributed by atoms with Gasteiger partial charge in [0.15, 0.2) is 11.5 Å². The maximum Gasteiger partial charge on any atom is 0.281 e. The molecule has 0 bridgehead atoms. The fraction of sp³-hybridized carbons (Fsp3) is 0.120. The number of thioether (sulfide) groups is 1. The van der Waals surface area contributed by atoms with E-state index in [1.165, 1.54) is 16.8 Å². The van der Waals surface area contributed by atoms with Crippen LogP contribution in [0, 0.1) is 0 Å². The third-order valence-electron chi connectivity index (χ3n) is 4.87. The number of hydrogen-bond acceptors (Lipinski definition) is 6. The van der Waals surface area contributed by atoms with Crippen LogP contribution in [0.2, 0.25) is 5.02 Å². The van der Waals surface area contributed by atoms with Crippen molar-refractivity contribution in [2.75, 3.05) is 26.3 Å². The highest BCUT2D eigenvalue weighted by molar-refractivity contribution is 8.14. The largest absolute Gasteiger partial charge is 0.493 e. The minimum absolute atomic E-state index is 0.230. The highest BCUT2D eigenvalue weighted by Crippen LogP contribution is 2.40. The summed E-state index contributed by atoms with van der Waals surface area (Å²) in [6.45, 7) is 0. The van der Waals surface area contributed by atoms with Crippen molar-refractivity contribution in [3.63, 3.8) is 0 Å². The van der Waals surface area contributed by atoms with Gasteiger partial charge in [-0.05, 0) is 60.2 Å². The first kappa shape index (κ1) is 22.8. The van der Waals surface area contributed by atoms with Crippen LogP contribution in [0.1, 0.15) is 5.56 Å². The predicted octanol–water partition coefficient (Wildman–Crippen LogP) is 5.90. The number of benzene rings is 3. The van der Waals surface area contributed by atoms with Gasteiger partial charge in [0.2, 0.25) is 5.75 Å². The van der Waals surface area contributed by atoms with Crippen LogP contribution in [-0.4, -0.2) is 32.3 Å². The van der Waals surface area contributed by atoms with E-state index in [1.54, 1.807) is 51.7 Å². The van der Waals surface area contributed by atoms with Crippen LogP contribution in [0.15, 0.2) is 82.3 Å². The first-order chi connectivity index (χ1) is 16.0. The molecule has 168 valence electrons. The summed E-state index contributed by atoms with van der Waals surface area (Å²) in [6, 6.07) is 20.3. The van der Waals surface area contributed by atoms with E-state index in [9.17, 15) is 4.79 Å². The number of rotatable bonds is 6. The predicted molar refractivity (Wildman–Crippen MR) is 133 cm³/mol. The Hall–Kier alpha value is -3.42. The lowest BCUT2D eigenvalue weighted by atomic mass is 10.1. The van der Waals surface area contributed by atoms with Crippen LogP contribution < -0.4 is 19.2 Å². The molecule has 0 saturated carbocycles. The van der Waals surface area contributed by atoms with Gasteiger partial charge in [-0.2, -0.15) is 10.1 Å². The summed E-state index contributed by atoms with van der Waals surface area (Å²) < 4.78 is 16.3. The number of anilines is 1. The molecule has 0 spiro atoms. The number of para-hydroxylation sites is 1. The van der Waals surface area contributed by atoms with E-state index < -0.39 is 0 Å². The number of methoxy groups -OCH3 is 3. The number of hydrogen-bond donors (Lipinski definition) is 0.